The SMILES string of the molecule is CC1CNCCN1c1cccc(F)c1. The summed E-state index contributed by atoms with van der Waals surface area (Å²) < 4.78 is 13.0. The van der Waals surface area contributed by atoms with Crippen molar-refractivity contribution < 1.29 is 4.39 Å². The average molecular weight is 194 g/mol. The second-order valence-corrected chi connectivity index (χ2v) is 3.73. The molecule has 2 rings (SSSR count). The van der Waals surface area contributed by atoms with Gasteiger partial charge in [-0.3, -0.25) is 0 Å². The van der Waals surface area contributed by atoms with Gasteiger partial charge in [0.05, 0.1) is 0 Å². The van der Waals surface area contributed by atoms with E-state index in [-0.39, 0.29) is 5.82 Å². The fourth-order valence-electron chi connectivity index (χ4n) is 1.88. The van der Waals surface area contributed by atoms with Crippen LogP contribution in [0.15, 0.2) is 24.3 Å². The van der Waals surface area contributed by atoms with Gasteiger partial charge in [-0.2, -0.15) is 0 Å². The molecule has 2 nitrogen and oxygen atoms in total. The summed E-state index contributed by atoms with van der Waals surface area (Å²) in [6, 6.07) is 7.24. The highest BCUT2D eigenvalue weighted by atomic mass is 19.1. The van der Waals surface area contributed by atoms with Crippen LogP contribution in [0.25, 0.3) is 0 Å². The summed E-state index contributed by atoms with van der Waals surface area (Å²) in [5.41, 5.74) is 0.985. The molecule has 0 radical (unpaired) electrons. The standard InChI is InChI=1S/C11H15FN2/c1-9-8-13-5-6-14(9)11-4-2-3-10(12)7-11/h2-4,7,9,13H,5-6,8H2,1H3. The summed E-state index contributed by atoms with van der Waals surface area (Å²) in [7, 11) is 0. The van der Waals surface area contributed by atoms with E-state index in [1.807, 2.05) is 6.07 Å². The lowest BCUT2D eigenvalue weighted by Crippen LogP contribution is -2.49. The molecule has 0 saturated carbocycles. The Labute approximate surface area is 83.7 Å². The number of hydrogen-bond acceptors (Lipinski definition) is 2. The first-order chi connectivity index (χ1) is 6.77. The lowest BCUT2D eigenvalue weighted by atomic mass is 10.2. The first-order valence-electron chi connectivity index (χ1n) is 5.00. The molecule has 1 atom stereocenters. The van der Waals surface area contributed by atoms with E-state index in [2.05, 4.69) is 17.1 Å². The molecule has 0 aliphatic carbocycles. The molecule has 1 N–H and O–H groups in total. The van der Waals surface area contributed by atoms with Crippen LogP contribution < -0.4 is 10.2 Å². The number of anilines is 1. The molecule has 76 valence electrons. The molecule has 14 heavy (non-hydrogen) atoms. The monoisotopic (exact) mass is 194 g/mol. The van der Waals surface area contributed by atoms with Crippen LogP contribution in [0.1, 0.15) is 6.92 Å². The third kappa shape index (κ3) is 1.87. The van der Waals surface area contributed by atoms with Gasteiger partial charge in [0.25, 0.3) is 0 Å². The molecule has 1 heterocycles. The molecule has 1 aliphatic rings. The summed E-state index contributed by atoms with van der Waals surface area (Å²) in [5, 5.41) is 3.31. The van der Waals surface area contributed by atoms with Crippen molar-refractivity contribution in [1.82, 2.24) is 5.32 Å². The lowest BCUT2D eigenvalue weighted by molar-refractivity contribution is 0.499. The summed E-state index contributed by atoms with van der Waals surface area (Å²) in [4.78, 5) is 2.24. The Hall–Kier alpha value is -1.09. The van der Waals surface area contributed by atoms with Crippen molar-refractivity contribution in [1.29, 1.82) is 0 Å². The second kappa shape index (κ2) is 3.96. The number of rotatable bonds is 1. The molecule has 1 saturated heterocycles. The van der Waals surface area contributed by atoms with Gasteiger partial charge in [-0.15, -0.1) is 0 Å². The van der Waals surface area contributed by atoms with Crippen molar-refractivity contribution in [3.05, 3.63) is 30.1 Å². The summed E-state index contributed by atoms with van der Waals surface area (Å²) in [6.45, 7) is 5.04. The second-order valence-electron chi connectivity index (χ2n) is 3.73. The van der Waals surface area contributed by atoms with Crippen molar-refractivity contribution in [2.24, 2.45) is 0 Å². The van der Waals surface area contributed by atoms with Crippen LogP contribution in [0.4, 0.5) is 10.1 Å². The summed E-state index contributed by atoms with van der Waals surface area (Å²) in [5.74, 6) is -0.159. The minimum atomic E-state index is -0.159. The van der Waals surface area contributed by atoms with Crippen LogP contribution in [0.2, 0.25) is 0 Å². The fourth-order valence-corrected chi connectivity index (χ4v) is 1.88. The van der Waals surface area contributed by atoms with Crippen molar-refractivity contribution in [2.45, 2.75) is 13.0 Å². The van der Waals surface area contributed by atoms with E-state index in [0.29, 0.717) is 6.04 Å². The van der Waals surface area contributed by atoms with Crippen LogP contribution in [-0.4, -0.2) is 25.7 Å². The lowest BCUT2D eigenvalue weighted by Gasteiger charge is -2.35. The highest BCUT2D eigenvalue weighted by Crippen LogP contribution is 2.18. The molecule has 3 heteroatoms. The zero-order valence-electron chi connectivity index (χ0n) is 8.33. The largest absolute Gasteiger partial charge is 0.366 e. The Balaban J connectivity index is 2.20. The molecule has 0 spiro atoms. The highest BCUT2D eigenvalue weighted by molar-refractivity contribution is 5.47. The van der Waals surface area contributed by atoms with E-state index in [1.54, 1.807) is 12.1 Å². The van der Waals surface area contributed by atoms with Gasteiger partial charge in [-0.25, -0.2) is 4.39 Å². The maximum absolute atomic E-state index is 13.0. The van der Waals surface area contributed by atoms with Gasteiger partial charge in [-0.05, 0) is 25.1 Å². The topological polar surface area (TPSA) is 15.3 Å². The predicted molar refractivity (Wildman–Crippen MR) is 56.1 cm³/mol. The predicted octanol–water partition coefficient (Wildman–Crippen LogP) is 1.62. The van der Waals surface area contributed by atoms with E-state index >= 15 is 0 Å². The molecular formula is C11H15FN2. The molecular weight excluding hydrogens is 179 g/mol. The molecule has 1 unspecified atom stereocenters. The van der Waals surface area contributed by atoms with Crippen LogP contribution in [0, 0.1) is 5.82 Å². The van der Waals surface area contributed by atoms with Crippen molar-refractivity contribution in [3.63, 3.8) is 0 Å². The Kier molecular flexibility index (Phi) is 2.68. The number of piperazine rings is 1. The van der Waals surface area contributed by atoms with E-state index in [9.17, 15) is 4.39 Å². The zero-order chi connectivity index (χ0) is 9.97. The highest BCUT2D eigenvalue weighted by Gasteiger charge is 2.17. The zero-order valence-corrected chi connectivity index (χ0v) is 8.33. The third-order valence-corrected chi connectivity index (χ3v) is 2.64. The van der Waals surface area contributed by atoms with E-state index in [4.69, 9.17) is 0 Å². The number of benzene rings is 1. The van der Waals surface area contributed by atoms with Gasteiger partial charge in [0, 0.05) is 31.4 Å². The quantitative estimate of drug-likeness (QED) is 0.731. The normalized spacial score (nSPS) is 22.4. The maximum Gasteiger partial charge on any atom is 0.125 e. The Bertz CT molecular complexity index is 314. The number of nitrogens with zero attached hydrogens (tertiary/aromatic N) is 1. The summed E-state index contributed by atoms with van der Waals surface area (Å²) >= 11 is 0. The van der Waals surface area contributed by atoms with E-state index in [0.717, 1.165) is 25.3 Å². The average Bonchev–Trinajstić information content (AvgIpc) is 2.18. The molecule has 0 aromatic heterocycles. The van der Waals surface area contributed by atoms with Crippen molar-refractivity contribution in [3.8, 4) is 0 Å². The van der Waals surface area contributed by atoms with Crippen molar-refractivity contribution >= 4 is 5.69 Å². The van der Waals surface area contributed by atoms with Gasteiger partial charge in [0.15, 0.2) is 0 Å². The minimum absolute atomic E-state index is 0.159. The first kappa shape index (κ1) is 9.46. The van der Waals surface area contributed by atoms with Crippen LogP contribution >= 0.6 is 0 Å². The van der Waals surface area contributed by atoms with Gasteiger partial charge in [0.1, 0.15) is 5.82 Å². The number of hydrogen-bond donors (Lipinski definition) is 1. The molecule has 1 fully saturated rings. The third-order valence-electron chi connectivity index (χ3n) is 2.64. The fraction of sp³-hybridized carbons (Fsp3) is 0.455. The number of nitrogens with one attached hydrogen (secondary N) is 1. The number of halogens is 1. The van der Waals surface area contributed by atoms with Gasteiger partial charge < -0.3 is 10.2 Å². The van der Waals surface area contributed by atoms with Crippen molar-refractivity contribution in [2.75, 3.05) is 24.5 Å². The Morgan fingerprint density at radius 1 is 1.50 bits per heavy atom. The molecule has 0 bridgehead atoms. The molecule has 1 aromatic carbocycles. The summed E-state index contributed by atoms with van der Waals surface area (Å²) in [6.07, 6.45) is 0. The Morgan fingerprint density at radius 3 is 3.07 bits per heavy atom. The van der Waals surface area contributed by atoms with Crippen LogP contribution in [-0.2, 0) is 0 Å². The van der Waals surface area contributed by atoms with Gasteiger partial charge >= 0.3 is 0 Å². The first-order valence-corrected chi connectivity index (χ1v) is 5.00. The Morgan fingerprint density at radius 2 is 2.36 bits per heavy atom. The minimum Gasteiger partial charge on any atom is -0.366 e. The van der Waals surface area contributed by atoms with Crippen LogP contribution in [0.5, 0.6) is 0 Å². The van der Waals surface area contributed by atoms with E-state index in [1.165, 1.54) is 6.07 Å². The van der Waals surface area contributed by atoms with Crippen LogP contribution in [0.3, 0.4) is 0 Å². The van der Waals surface area contributed by atoms with Gasteiger partial charge in [0.2, 0.25) is 0 Å². The molecule has 1 aromatic rings. The molecule has 1 aliphatic heterocycles. The molecule has 0 amide bonds. The maximum atomic E-state index is 13.0. The van der Waals surface area contributed by atoms with Gasteiger partial charge in [-0.1, -0.05) is 6.07 Å². The smallest absolute Gasteiger partial charge is 0.125 e. The van der Waals surface area contributed by atoms with E-state index < -0.39 is 0 Å².